The fourth-order valence-electron chi connectivity index (χ4n) is 1.95. The van der Waals surface area contributed by atoms with Crippen LogP contribution in [0.15, 0.2) is 50.6 Å². The Morgan fingerprint density at radius 2 is 2.16 bits per heavy atom. The number of halogens is 1. The molecule has 1 N–H and O–H groups in total. The third-order valence-corrected chi connectivity index (χ3v) is 6.07. The molecule has 3 aromatic heterocycles. The van der Waals surface area contributed by atoms with E-state index >= 15 is 0 Å². The van der Waals surface area contributed by atoms with Crippen LogP contribution in [-0.4, -0.2) is 20.3 Å². The maximum atomic E-state index is 5.97. The summed E-state index contributed by atoms with van der Waals surface area (Å²) in [6.07, 6.45) is 0. The predicted octanol–water partition coefficient (Wildman–Crippen LogP) is 5.34. The summed E-state index contributed by atoms with van der Waals surface area (Å²) in [5.41, 5.74) is 0.873. The van der Waals surface area contributed by atoms with Crippen molar-refractivity contribution in [2.24, 2.45) is 0 Å². The van der Waals surface area contributed by atoms with Crippen LogP contribution in [0.2, 0.25) is 5.02 Å². The summed E-state index contributed by atoms with van der Waals surface area (Å²) in [6.45, 7) is 0. The van der Waals surface area contributed by atoms with E-state index in [9.17, 15) is 0 Å². The largest absolute Gasteiger partial charge is 0.338 e. The zero-order valence-corrected chi connectivity index (χ0v) is 15.8. The zero-order valence-electron chi connectivity index (χ0n) is 12.5. The first-order chi connectivity index (χ1) is 12.3. The van der Waals surface area contributed by atoms with Crippen LogP contribution < -0.4 is 5.32 Å². The lowest BCUT2D eigenvalue weighted by atomic mass is 10.3. The van der Waals surface area contributed by atoms with Crippen molar-refractivity contribution in [2.75, 3.05) is 5.32 Å². The van der Waals surface area contributed by atoms with E-state index in [1.807, 2.05) is 41.8 Å². The van der Waals surface area contributed by atoms with E-state index in [0.717, 1.165) is 14.9 Å². The van der Waals surface area contributed by atoms with Gasteiger partial charge in [-0.2, -0.15) is 4.98 Å². The molecule has 0 amide bonds. The lowest BCUT2D eigenvalue weighted by Gasteiger charge is -2.00. The molecule has 6 nitrogen and oxygen atoms in total. The summed E-state index contributed by atoms with van der Waals surface area (Å²) in [5.74, 6) is 1.73. The van der Waals surface area contributed by atoms with Crippen molar-refractivity contribution in [3.8, 4) is 10.7 Å². The van der Waals surface area contributed by atoms with Gasteiger partial charge in [0.2, 0.25) is 16.8 Å². The van der Waals surface area contributed by atoms with Crippen molar-refractivity contribution < 1.29 is 4.52 Å². The molecule has 4 aromatic rings. The SMILES string of the molecule is Clc1cccc(Nc2nnc(SCc3nc(-c4cccs4)no3)s2)c1. The summed E-state index contributed by atoms with van der Waals surface area (Å²) in [5, 5.41) is 18.8. The Kier molecular flexibility index (Phi) is 4.97. The molecule has 3 heterocycles. The first-order valence-electron chi connectivity index (χ1n) is 7.11. The van der Waals surface area contributed by atoms with Gasteiger partial charge in [-0.1, -0.05) is 52.0 Å². The van der Waals surface area contributed by atoms with Gasteiger partial charge < -0.3 is 9.84 Å². The quantitative estimate of drug-likeness (QED) is 0.432. The molecule has 0 spiro atoms. The highest BCUT2D eigenvalue weighted by atomic mass is 35.5. The third-order valence-electron chi connectivity index (χ3n) is 3.01. The van der Waals surface area contributed by atoms with Gasteiger partial charge in [0.1, 0.15) is 0 Å². The van der Waals surface area contributed by atoms with Gasteiger partial charge >= 0.3 is 0 Å². The van der Waals surface area contributed by atoms with E-state index in [1.54, 1.807) is 11.3 Å². The lowest BCUT2D eigenvalue weighted by molar-refractivity contribution is 0.392. The number of anilines is 2. The lowest BCUT2D eigenvalue weighted by Crippen LogP contribution is -1.88. The molecule has 0 aliphatic heterocycles. The molecule has 126 valence electrons. The first kappa shape index (κ1) is 16.5. The molecular weight excluding hydrogens is 398 g/mol. The van der Waals surface area contributed by atoms with E-state index < -0.39 is 0 Å². The van der Waals surface area contributed by atoms with Crippen LogP contribution >= 0.6 is 46.0 Å². The molecule has 0 saturated heterocycles. The van der Waals surface area contributed by atoms with Crippen molar-refractivity contribution in [3.63, 3.8) is 0 Å². The Labute approximate surface area is 160 Å². The minimum absolute atomic E-state index is 0.546. The molecule has 4 rings (SSSR count). The van der Waals surface area contributed by atoms with Gasteiger partial charge in [0.05, 0.1) is 10.6 Å². The smallest absolute Gasteiger partial charge is 0.237 e. The van der Waals surface area contributed by atoms with Gasteiger partial charge in [-0.25, -0.2) is 0 Å². The van der Waals surface area contributed by atoms with Gasteiger partial charge in [0.25, 0.3) is 0 Å². The second kappa shape index (κ2) is 7.52. The highest BCUT2D eigenvalue weighted by Crippen LogP contribution is 2.30. The van der Waals surface area contributed by atoms with Gasteiger partial charge in [-0.05, 0) is 29.6 Å². The Morgan fingerprint density at radius 3 is 3.00 bits per heavy atom. The van der Waals surface area contributed by atoms with E-state index in [0.29, 0.717) is 27.6 Å². The maximum absolute atomic E-state index is 5.97. The molecule has 0 unspecified atom stereocenters. The van der Waals surface area contributed by atoms with E-state index in [4.69, 9.17) is 16.1 Å². The highest BCUT2D eigenvalue weighted by molar-refractivity contribution is 8.00. The fraction of sp³-hybridized carbons (Fsp3) is 0.0667. The van der Waals surface area contributed by atoms with Crippen molar-refractivity contribution in [1.29, 1.82) is 0 Å². The van der Waals surface area contributed by atoms with Crippen LogP contribution in [0.3, 0.4) is 0 Å². The number of thioether (sulfide) groups is 1. The van der Waals surface area contributed by atoms with E-state index in [2.05, 4.69) is 25.7 Å². The molecule has 1 aromatic carbocycles. The van der Waals surface area contributed by atoms with Gasteiger partial charge in [-0.15, -0.1) is 21.5 Å². The van der Waals surface area contributed by atoms with Crippen LogP contribution in [0.25, 0.3) is 10.7 Å². The number of nitrogens with one attached hydrogen (secondary N) is 1. The molecule has 25 heavy (non-hydrogen) atoms. The van der Waals surface area contributed by atoms with E-state index in [1.165, 1.54) is 23.1 Å². The average molecular weight is 408 g/mol. The Balaban J connectivity index is 1.37. The Bertz CT molecular complexity index is 969. The number of nitrogens with zero attached hydrogens (tertiary/aromatic N) is 4. The highest BCUT2D eigenvalue weighted by Gasteiger charge is 2.12. The van der Waals surface area contributed by atoms with Crippen molar-refractivity contribution in [2.45, 2.75) is 10.1 Å². The molecular formula is C15H10ClN5OS3. The van der Waals surface area contributed by atoms with Crippen LogP contribution in [-0.2, 0) is 5.75 Å². The second-order valence-corrected chi connectivity index (χ2v) is 8.37. The van der Waals surface area contributed by atoms with Gasteiger partial charge in [0, 0.05) is 10.7 Å². The topological polar surface area (TPSA) is 76.7 Å². The fourth-order valence-corrected chi connectivity index (χ4v) is 4.40. The summed E-state index contributed by atoms with van der Waals surface area (Å²) in [6, 6.07) is 11.4. The molecule has 0 aliphatic rings. The van der Waals surface area contributed by atoms with Crippen molar-refractivity contribution >= 4 is 56.9 Å². The minimum Gasteiger partial charge on any atom is -0.338 e. The van der Waals surface area contributed by atoms with E-state index in [-0.39, 0.29) is 0 Å². The Hall–Kier alpha value is -1.94. The zero-order chi connectivity index (χ0) is 17.1. The predicted molar refractivity (Wildman–Crippen MR) is 102 cm³/mol. The standard InChI is InChI=1S/C15H10ClN5OS3/c16-9-3-1-4-10(7-9)17-14-19-20-15(25-14)24-8-12-18-13(21-22-12)11-5-2-6-23-11/h1-7H,8H2,(H,17,19). The van der Waals surface area contributed by atoms with Crippen LogP contribution in [0, 0.1) is 0 Å². The number of hydrogen-bond acceptors (Lipinski definition) is 9. The maximum Gasteiger partial charge on any atom is 0.237 e. The number of rotatable bonds is 6. The molecule has 0 radical (unpaired) electrons. The normalized spacial score (nSPS) is 10.9. The molecule has 0 aliphatic carbocycles. The van der Waals surface area contributed by atoms with Crippen LogP contribution in [0.4, 0.5) is 10.8 Å². The van der Waals surface area contributed by atoms with Crippen molar-refractivity contribution in [1.82, 2.24) is 20.3 Å². The minimum atomic E-state index is 0.546. The number of benzene rings is 1. The molecule has 0 fully saturated rings. The second-order valence-electron chi connectivity index (χ2n) is 4.79. The molecule has 10 heteroatoms. The average Bonchev–Trinajstić information content (AvgIpc) is 3.34. The first-order valence-corrected chi connectivity index (χ1v) is 10.2. The summed E-state index contributed by atoms with van der Waals surface area (Å²) >= 11 is 10.5. The van der Waals surface area contributed by atoms with Crippen molar-refractivity contribution in [3.05, 3.63) is 52.7 Å². The van der Waals surface area contributed by atoms with Gasteiger partial charge in [-0.3, -0.25) is 0 Å². The monoisotopic (exact) mass is 407 g/mol. The number of thiophene rings is 1. The summed E-state index contributed by atoms with van der Waals surface area (Å²) < 4.78 is 6.10. The molecule has 0 bridgehead atoms. The summed E-state index contributed by atoms with van der Waals surface area (Å²) in [7, 11) is 0. The third kappa shape index (κ3) is 4.18. The Morgan fingerprint density at radius 1 is 1.20 bits per heavy atom. The summed E-state index contributed by atoms with van der Waals surface area (Å²) in [4.78, 5) is 5.38. The van der Waals surface area contributed by atoms with Gasteiger partial charge in [0.15, 0.2) is 4.34 Å². The van der Waals surface area contributed by atoms with Crippen LogP contribution in [0.1, 0.15) is 5.89 Å². The number of aromatic nitrogens is 4. The number of hydrogen-bond donors (Lipinski definition) is 1. The molecule has 0 atom stereocenters. The van der Waals surface area contributed by atoms with Crippen LogP contribution in [0.5, 0.6) is 0 Å². The molecule has 0 saturated carbocycles.